The molecule has 1 unspecified atom stereocenters. The number of ether oxygens (including phenoxy) is 2. The summed E-state index contributed by atoms with van der Waals surface area (Å²) in [5, 5.41) is 3.28. The first kappa shape index (κ1) is 19.1. The SMILES string of the molecule is COc1ccc(CCN(C)C2CCCN(Cc3nccs3)C2)cc1OC. The minimum Gasteiger partial charge on any atom is -0.493 e. The number of hydrogen-bond acceptors (Lipinski definition) is 6. The van der Waals surface area contributed by atoms with Gasteiger partial charge in [-0.15, -0.1) is 11.3 Å². The quantitative estimate of drug-likeness (QED) is 0.708. The molecule has 1 fully saturated rings. The van der Waals surface area contributed by atoms with Crippen LogP contribution in [-0.4, -0.2) is 61.7 Å². The lowest BCUT2D eigenvalue weighted by Gasteiger charge is -2.37. The third kappa shape index (κ3) is 4.96. The Labute approximate surface area is 160 Å². The maximum atomic E-state index is 5.41. The van der Waals surface area contributed by atoms with Gasteiger partial charge in [0.1, 0.15) is 5.01 Å². The van der Waals surface area contributed by atoms with Gasteiger partial charge in [-0.2, -0.15) is 0 Å². The zero-order valence-electron chi connectivity index (χ0n) is 16.0. The summed E-state index contributed by atoms with van der Waals surface area (Å²) < 4.78 is 10.7. The molecule has 26 heavy (non-hydrogen) atoms. The molecule has 1 aliphatic rings. The molecule has 0 aliphatic carbocycles. The van der Waals surface area contributed by atoms with Gasteiger partial charge in [0.25, 0.3) is 0 Å². The Bertz CT molecular complexity index is 678. The van der Waals surface area contributed by atoms with Gasteiger partial charge in [0.05, 0.1) is 20.8 Å². The molecule has 1 aromatic carbocycles. The summed E-state index contributed by atoms with van der Waals surface area (Å²) in [6.45, 7) is 4.34. The molecule has 0 N–H and O–H groups in total. The second-order valence-electron chi connectivity index (χ2n) is 6.88. The summed E-state index contributed by atoms with van der Waals surface area (Å²) in [7, 11) is 5.61. The number of hydrogen-bond donors (Lipinski definition) is 0. The van der Waals surface area contributed by atoms with Crippen LogP contribution in [0.1, 0.15) is 23.4 Å². The lowest BCUT2D eigenvalue weighted by Crippen LogP contribution is -2.46. The summed E-state index contributed by atoms with van der Waals surface area (Å²) in [6, 6.07) is 6.82. The molecule has 3 rings (SSSR count). The van der Waals surface area contributed by atoms with Gasteiger partial charge in [-0.3, -0.25) is 4.90 Å². The molecule has 2 aromatic rings. The van der Waals surface area contributed by atoms with Gasteiger partial charge in [-0.05, 0) is 50.6 Å². The van der Waals surface area contributed by atoms with E-state index in [0.29, 0.717) is 6.04 Å². The molecule has 142 valence electrons. The average Bonchev–Trinajstić information content (AvgIpc) is 3.19. The van der Waals surface area contributed by atoms with Crippen molar-refractivity contribution in [2.75, 3.05) is 40.9 Å². The van der Waals surface area contributed by atoms with Crippen molar-refractivity contribution in [3.63, 3.8) is 0 Å². The Hall–Kier alpha value is -1.63. The molecular weight excluding hydrogens is 346 g/mol. The van der Waals surface area contributed by atoms with Crippen LogP contribution in [0, 0.1) is 0 Å². The second kappa shape index (κ2) is 9.35. The normalized spacial score (nSPS) is 18.2. The first-order valence-electron chi connectivity index (χ1n) is 9.21. The van der Waals surface area contributed by atoms with Crippen LogP contribution < -0.4 is 9.47 Å². The number of piperidine rings is 1. The number of nitrogens with zero attached hydrogens (tertiary/aromatic N) is 3. The van der Waals surface area contributed by atoms with E-state index in [1.807, 2.05) is 12.3 Å². The lowest BCUT2D eigenvalue weighted by atomic mass is 10.0. The van der Waals surface area contributed by atoms with Gasteiger partial charge >= 0.3 is 0 Å². The van der Waals surface area contributed by atoms with Crippen molar-refractivity contribution in [2.24, 2.45) is 0 Å². The van der Waals surface area contributed by atoms with Gasteiger partial charge in [-0.1, -0.05) is 6.07 Å². The number of benzene rings is 1. The number of rotatable bonds is 8. The molecule has 0 radical (unpaired) electrons. The number of thiazole rings is 1. The van der Waals surface area contributed by atoms with E-state index in [0.717, 1.165) is 37.6 Å². The zero-order valence-corrected chi connectivity index (χ0v) is 16.8. The van der Waals surface area contributed by atoms with Crippen LogP contribution in [0.25, 0.3) is 0 Å². The van der Waals surface area contributed by atoms with E-state index in [4.69, 9.17) is 9.47 Å². The summed E-state index contributed by atoms with van der Waals surface area (Å²) in [4.78, 5) is 9.47. The largest absolute Gasteiger partial charge is 0.493 e. The molecule has 0 saturated carbocycles. The molecule has 0 spiro atoms. The van der Waals surface area contributed by atoms with Gasteiger partial charge in [0.15, 0.2) is 11.5 Å². The Morgan fingerprint density at radius 1 is 1.27 bits per heavy atom. The van der Waals surface area contributed by atoms with E-state index >= 15 is 0 Å². The maximum absolute atomic E-state index is 5.41. The van der Waals surface area contributed by atoms with Gasteiger partial charge in [0.2, 0.25) is 0 Å². The third-order valence-electron chi connectivity index (χ3n) is 5.15. The summed E-state index contributed by atoms with van der Waals surface area (Å²) >= 11 is 1.75. The molecule has 0 amide bonds. The van der Waals surface area contributed by atoms with E-state index in [9.17, 15) is 0 Å². The zero-order chi connectivity index (χ0) is 18.4. The molecule has 6 heteroatoms. The highest BCUT2D eigenvalue weighted by Gasteiger charge is 2.23. The predicted octanol–water partition coefficient (Wildman–Crippen LogP) is 3.30. The minimum absolute atomic E-state index is 0.615. The van der Waals surface area contributed by atoms with Crippen LogP contribution in [0.3, 0.4) is 0 Å². The monoisotopic (exact) mass is 375 g/mol. The Kier molecular flexibility index (Phi) is 6.88. The van der Waals surface area contributed by atoms with Crippen molar-refractivity contribution in [2.45, 2.75) is 31.8 Å². The van der Waals surface area contributed by atoms with E-state index in [1.54, 1.807) is 25.6 Å². The highest BCUT2D eigenvalue weighted by molar-refractivity contribution is 7.09. The molecule has 1 atom stereocenters. The topological polar surface area (TPSA) is 37.8 Å². The molecule has 1 aromatic heterocycles. The molecule has 0 bridgehead atoms. The maximum Gasteiger partial charge on any atom is 0.160 e. The van der Waals surface area contributed by atoms with Gasteiger partial charge < -0.3 is 14.4 Å². The fourth-order valence-corrected chi connectivity index (χ4v) is 4.24. The number of aromatic nitrogens is 1. The van der Waals surface area contributed by atoms with E-state index < -0.39 is 0 Å². The van der Waals surface area contributed by atoms with E-state index in [1.165, 1.54) is 30.0 Å². The van der Waals surface area contributed by atoms with Crippen LogP contribution >= 0.6 is 11.3 Å². The van der Waals surface area contributed by atoms with Crippen molar-refractivity contribution in [1.29, 1.82) is 0 Å². The Balaban J connectivity index is 1.52. The summed E-state index contributed by atoms with van der Waals surface area (Å²) in [6.07, 6.45) is 5.45. The smallest absolute Gasteiger partial charge is 0.160 e. The standard InChI is InChI=1S/C20H29N3O2S/c1-22(11-8-16-6-7-18(24-2)19(13-16)25-3)17-5-4-10-23(14-17)15-20-21-9-12-26-20/h6-7,9,12-13,17H,4-5,8,10-11,14-15H2,1-3H3. The number of likely N-dealkylation sites (tertiary alicyclic amines) is 1. The van der Waals surface area contributed by atoms with Crippen LogP contribution in [-0.2, 0) is 13.0 Å². The summed E-state index contributed by atoms with van der Waals surface area (Å²) in [5.74, 6) is 1.59. The third-order valence-corrected chi connectivity index (χ3v) is 5.91. The Morgan fingerprint density at radius 2 is 2.12 bits per heavy atom. The highest BCUT2D eigenvalue weighted by atomic mass is 32.1. The molecule has 1 aliphatic heterocycles. The van der Waals surface area contributed by atoms with Crippen molar-refractivity contribution in [1.82, 2.24) is 14.8 Å². The number of likely N-dealkylation sites (N-methyl/N-ethyl adjacent to an activating group) is 1. The fraction of sp³-hybridized carbons (Fsp3) is 0.550. The molecule has 5 nitrogen and oxygen atoms in total. The molecular formula is C20H29N3O2S. The number of methoxy groups -OCH3 is 2. The second-order valence-corrected chi connectivity index (χ2v) is 7.86. The first-order valence-corrected chi connectivity index (χ1v) is 10.1. The van der Waals surface area contributed by atoms with Crippen molar-refractivity contribution in [3.05, 3.63) is 40.3 Å². The summed E-state index contributed by atoms with van der Waals surface area (Å²) in [5.41, 5.74) is 1.28. The van der Waals surface area contributed by atoms with Gasteiger partial charge in [0, 0.05) is 30.7 Å². The first-order chi connectivity index (χ1) is 12.7. The Morgan fingerprint density at radius 3 is 2.85 bits per heavy atom. The predicted molar refractivity (Wildman–Crippen MR) is 106 cm³/mol. The van der Waals surface area contributed by atoms with Crippen molar-refractivity contribution in [3.8, 4) is 11.5 Å². The van der Waals surface area contributed by atoms with Crippen molar-refractivity contribution < 1.29 is 9.47 Å². The lowest BCUT2D eigenvalue weighted by molar-refractivity contribution is 0.112. The van der Waals surface area contributed by atoms with Crippen LogP contribution in [0.15, 0.2) is 29.8 Å². The molecule has 1 saturated heterocycles. The molecule has 2 heterocycles. The average molecular weight is 376 g/mol. The van der Waals surface area contributed by atoms with Crippen LogP contribution in [0.2, 0.25) is 0 Å². The highest BCUT2D eigenvalue weighted by Crippen LogP contribution is 2.28. The minimum atomic E-state index is 0.615. The van der Waals surface area contributed by atoms with Crippen LogP contribution in [0.5, 0.6) is 11.5 Å². The fourth-order valence-electron chi connectivity index (χ4n) is 3.58. The van der Waals surface area contributed by atoms with Gasteiger partial charge in [-0.25, -0.2) is 4.98 Å². The van der Waals surface area contributed by atoms with Crippen LogP contribution in [0.4, 0.5) is 0 Å². The van der Waals surface area contributed by atoms with E-state index in [-0.39, 0.29) is 0 Å². The van der Waals surface area contributed by atoms with E-state index in [2.05, 4.69) is 39.3 Å². The van der Waals surface area contributed by atoms with Crippen molar-refractivity contribution >= 4 is 11.3 Å².